The van der Waals surface area contributed by atoms with Gasteiger partial charge in [0, 0.05) is 33.8 Å². The highest BCUT2D eigenvalue weighted by Crippen LogP contribution is 2.43. The molecule has 1 atom stereocenters. The fourth-order valence-corrected chi connectivity index (χ4v) is 4.08. The van der Waals surface area contributed by atoms with E-state index in [0.29, 0.717) is 17.2 Å². The van der Waals surface area contributed by atoms with E-state index >= 15 is 0 Å². The summed E-state index contributed by atoms with van der Waals surface area (Å²) in [5.41, 5.74) is 5.53. The third-order valence-electron chi connectivity index (χ3n) is 5.51. The van der Waals surface area contributed by atoms with Crippen LogP contribution in [0.3, 0.4) is 0 Å². The molecule has 4 rings (SSSR count). The molecule has 0 fully saturated rings. The van der Waals surface area contributed by atoms with Gasteiger partial charge in [0.15, 0.2) is 11.5 Å². The van der Waals surface area contributed by atoms with Gasteiger partial charge in [-0.15, -0.1) is 0 Å². The number of H-pyrrole nitrogens is 2. The molecule has 6 nitrogen and oxygen atoms in total. The molecule has 0 radical (unpaired) electrons. The Labute approximate surface area is 182 Å². The fourth-order valence-electron chi connectivity index (χ4n) is 4.08. The Kier molecular flexibility index (Phi) is 5.71. The lowest BCUT2D eigenvalue weighted by molar-refractivity contribution is -0.361. The summed E-state index contributed by atoms with van der Waals surface area (Å²) in [5, 5.41) is 4.85. The summed E-state index contributed by atoms with van der Waals surface area (Å²) in [6.07, 6.45) is 1.94. The Morgan fingerprint density at radius 3 is 2.26 bits per heavy atom. The number of aromatic nitrogens is 2. The van der Waals surface area contributed by atoms with Crippen LogP contribution in [0.1, 0.15) is 28.4 Å². The molecule has 2 aromatic carbocycles. The zero-order chi connectivity index (χ0) is 22.0. The molecule has 4 aromatic rings. The van der Waals surface area contributed by atoms with Crippen molar-refractivity contribution in [3.05, 3.63) is 77.1 Å². The zero-order valence-corrected chi connectivity index (χ0v) is 18.5. The molecule has 0 amide bonds. The summed E-state index contributed by atoms with van der Waals surface area (Å²) in [7, 11) is 4.88. The van der Waals surface area contributed by atoms with Gasteiger partial charge in [-0.25, -0.2) is 4.98 Å². The SMILES string of the molecule is COc1cc([C@H](Nc2cc(C)cc[nH+]2)c2c(C)[nH]c3ccccc23)cc(OC)c1OC. The monoisotopic (exact) mass is 418 g/mol. The van der Waals surface area contributed by atoms with E-state index < -0.39 is 0 Å². The summed E-state index contributed by atoms with van der Waals surface area (Å²) < 4.78 is 16.8. The van der Waals surface area contributed by atoms with Crippen molar-refractivity contribution >= 4 is 16.7 Å². The highest BCUT2D eigenvalue weighted by molar-refractivity contribution is 5.86. The van der Waals surface area contributed by atoms with Gasteiger partial charge >= 0.3 is 0 Å². The molecule has 2 aromatic heterocycles. The van der Waals surface area contributed by atoms with Gasteiger partial charge < -0.3 is 19.2 Å². The fraction of sp³-hybridized carbons (Fsp3) is 0.240. The molecule has 0 bridgehead atoms. The number of benzene rings is 2. The summed E-state index contributed by atoms with van der Waals surface area (Å²) in [4.78, 5) is 6.83. The molecule has 160 valence electrons. The summed E-state index contributed by atoms with van der Waals surface area (Å²) in [5.74, 6) is 2.73. The van der Waals surface area contributed by atoms with Crippen LogP contribution >= 0.6 is 0 Å². The van der Waals surface area contributed by atoms with Crippen LogP contribution < -0.4 is 24.5 Å². The lowest BCUT2D eigenvalue weighted by Gasteiger charge is -2.20. The van der Waals surface area contributed by atoms with E-state index in [9.17, 15) is 0 Å². The molecule has 3 N–H and O–H groups in total. The number of fused-ring (bicyclic) bond motifs is 1. The number of rotatable bonds is 7. The van der Waals surface area contributed by atoms with Crippen molar-refractivity contribution < 1.29 is 19.2 Å². The minimum Gasteiger partial charge on any atom is -0.493 e. The maximum atomic E-state index is 5.63. The molecule has 31 heavy (non-hydrogen) atoms. The van der Waals surface area contributed by atoms with Crippen LogP contribution in [-0.2, 0) is 0 Å². The van der Waals surface area contributed by atoms with E-state index in [4.69, 9.17) is 14.2 Å². The summed E-state index contributed by atoms with van der Waals surface area (Å²) in [6, 6.07) is 16.3. The highest BCUT2D eigenvalue weighted by Gasteiger charge is 2.28. The average molecular weight is 419 g/mol. The minimum absolute atomic E-state index is 0.164. The molecule has 0 aliphatic carbocycles. The van der Waals surface area contributed by atoms with Crippen LogP contribution in [-0.4, -0.2) is 26.3 Å². The standard InChI is InChI=1S/C25H27N3O3/c1-15-10-11-26-22(12-15)28-24(23-16(2)27-19-9-7-6-8-18(19)23)17-13-20(29-3)25(31-5)21(14-17)30-4/h6-14,24,27H,1-5H3,(H,26,28)/p+1/t24-/m0/s1. The van der Waals surface area contributed by atoms with Crippen molar-refractivity contribution in [1.29, 1.82) is 0 Å². The van der Waals surface area contributed by atoms with Crippen molar-refractivity contribution in [3.8, 4) is 17.2 Å². The van der Waals surface area contributed by atoms with Crippen LogP contribution in [0.2, 0.25) is 0 Å². The first-order chi connectivity index (χ1) is 15.0. The molecule has 6 heteroatoms. The van der Waals surface area contributed by atoms with Crippen molar-refractivity contribution in [1.82, 2.24) is 4.98 Å². The van der Waals surface area contributed by atoms with E-state index in [1.165, 1.54) is 16.5 Å². The van der Waals surface area contributed by atoms with Crippen molar-refractivity contribution in [2.75, 3.05) is 26.6 Å². The van der Waals surface area contributed by atoms with Gasteiger partial charge in [-0.05, 0) is 43.7 Å². The van der Waals surface area contributed by atoms with Gasteiger partial charge in [0.25, 0.3) is 5.82 Å². The number of methoxy groups -OCH3 is 3. The van der Waals surface area contributed by atoms with E-state index in [1.54, 1.807) is 21.3 Å². The summed E-state index contributed by atoms with van der Waals surface area (Å²) >= 11 is 0. The van der Waals surface area contributed by atoms with Gasteiger partial charge in [0.1, 0.15) is 6.04 Å². The lowest BCUT2D eigenvalue weighted by atomic mass is 9.95. The first-order valence-electron chi connectivity index (χ1n) is 10.2. The van der Waals surface area contributed by atoms with E-state index in [1.807, 2.05) is 30.5 Å². The van der Waals surface area contributed by atoms with Gasteiger partial charge in [0.05, 0.1) is 27.5 Å². The number of aryl methyl sites for hydroxylation is 2. The molecule has 0 saturated heterocycles. The van der Waals surface area contributed by atoms with Gasteiger partial charge in [-0.1, -0.05) is 18.2 Å². The van der Waals surface area contributed by atoms with Gasteiger partial charge in [-0.3, -0.25) is 5.32 Å². The average Bonchev–Trinajstić information content (AvgIpc) is 3.12. The normalized spacial score (nSPS) is 11.9. The predicted molar refractivity (Wildman–Crippen MR) is 122 cm³/mol. The number of pyridine rings is 1. The largest absolute Gasteiger partial charge is 0.493 e. The van der Waals surface area contributed by atoms with Crippen molar-refractivity contribution in [2.24, 2.45) is 0 Å². The molecule has 0 unspecified atom stereocenters. The van der Waals surface area contributed by atoms with Gasteiger partial charge in [-0.2, -0.15) is 0 Å². The quantitative estimate of drug-likeness (QED) is 0.451. The molecular formula is C25H28N3O3+. The Balaban J connectivity index is 1.94. The topological polar surface area (TPSA) is 69.7 Å². The Morgan fingerprint density at radius 2 is 1.61 bits per heavy atom. The summed E-state index contributed by atoms with van der Waals surface area (Å²) in [6.45, 7) is 4.17. The molecule has 2 heterocycles. The Morgan fingerprint density at radius 1 is 0.903 bits per heavy atom. The van der Waals surface area contributed by atoms with Crippen LogP contribution in [0.4, 0.5) is 5.82 Å². The number of ether oxygens (including phenoxy) is 3. The smallest absolute Gasteiger partial charge is 0.273 e. The maximum absolute atomic E-state index is 5.63. The van der Waals surface area contributed by atoms with Crippen LogP contribution in [0.15, 0.2) is 54.7 Å². The van der Waals surface area contributed by atoms with Crippen LogP contribution in [0.25, 0.3) is 10.9 Å². The minimum atomic E-state index is -0.164. The third kappa shape index (κ3) is 3.89. The number of aromatic amines is 2. The van der Waals surface area contributed by atoms with Gasteiger partial charge in [0.2, 0.25) is 5.75 Å². The predicted octanol–water partition coefficient (Wildman–Crippen LogP) is 4.83. The number of para-hydroxylation sites is 1. The number of nitrogens with one attached hydrogen (secondary N) is 3. The molecule has 0 aliphatic heterocycles. The number of anilines is 1. The maximum Gasteiger partial charge on any atom is 0.273 e. The first-order valence-corrected chi connectivity index (χ1v) is 10.2. The second-order valence-corrected chi connectivity index (χ2v) is 7.52. The van der Waals surface area contributed by atoms with Crippen LogP contribution in [0, 0.1) is 13.8 Å². The molecule has 0 spiro atoms. The second kappa shape index (κ2) is 8.60. The van der Waals surface area contributed by atoms with E-state index in [2.05, 4.69) is 53.4 Å². The Bertz CT molecular complexity index is 1190. The van der Waals surface area contributed by atoms with Crippen LogP contribution in [0.5, 0.6) is 17.2 Å². The third-order valence-corrected chi connectivity index (χ3v) is 5.51. The number of hydrogen-bond donors (Lipinski definition) is 2. The first kappa shape index (κ1) is 20.6. The van der Waals surface area contributed by atoms with E-state index in [0.717, 1.165) is 22.6 Å². The number of hydrogen-bond acceptors (Lipinski definition) is 4. The lowest BCUT2D eigenvalue weighted by Crippen LogP contribution is -2.19. The van der Waals surface area contributed by atoms with Crippen molar-refractivity contribution in [3.63, 3.8) is 0 Å². The highest BCUT2D eigenvalue weighted by atomic mass is 16.5. The zero-order valence-electron chi connectivity index (χ0n) is 18.5. The molecular weight excluding hydrogens is 390 g/mol. The molecule has 0 aliphatic rings. The van der Waals surface area contributed by atoms with Crippen molar-refractivity contribution in [2.45, 2.75) is 19.9 Å². The van der Waals surface area contributed by atoms with E-state index in [-0.39, 0.29) is 6.04 Å². The second-order valence-electron chi connectivity index (χ2n) is 7.52. The molecule has 0 saturated carbocycles. The Hall–Kier alpha value is -3.67.